The molecule has 0 N–H and O–H groups in total. The molecule has 1 saturated carbocycles. The predicted octanol–water partition coefficient (Wildman–Crippen LogP) is 3.69. The summed E-state index contributed by atoms with van der Waals surface area (Å²) in [4.78, 5) is 10.3. The lowest BCUT2D eigenvalue weighted by Crippen LogP contribution is -1.86. The van der Waals surface area contributed by atoms with Crippen molar-refractivity contribution in [1.29, 1.82) is 0 Å². The van der Waals surface area contributed by atoms with Gasteiger partial charge in [0.15, 0.2) is 0 Å². The Labute approximate surface area is 90.5 Å². The summed E-state index contributed by atoms with van der Waals surface area (Å²) in [6.45, 7) is 0. The molecule has 76 valence electrons. The summed E-state index contributed by atoms with van der Waals surface area (Å²) >= 11 is 1.68. The number of fused-ring (bicyclic) bond motifs is 1. The number of nitro groups is 1. The van der Waals surface area contributed by atoms with E-state index in [2.05, 4.69) is 5.38 Å². The zero-order valence-corrected chi connectivity index (χ0v) is 8.79. The molecule has 4 heteroatoms. The van der Waals surface area contributed by atoms with Gasteiger partial charge in [0.25, 0.3) is 5.69 Å². The summed E-state index contributed by atoms with van der Waals surface area (Å²) in [6, 6.07) is 5.14. The highest BCUT2D eigenvalue weighted by atomic mass is 32.1. The van der Waals surface area contributed by atoms with Gasteiger partial charge in [0.05, 0.1) is 4.92 Å². The fourth-order valence-corrected chi connectivity index (χ4v) is 2.88. The molecule has 1 aromatic carbocycles. The lowest BCUT2D eigenvalue weighted by molar-refractivity contribution is -0.384. The largest absolute Gasteiger partial charge is 0.270 e. The Morgan fingerprint density at radius 2 is 2.20 bits per heavy atom. The highest BCUT2D eigenvalue weighted by Crippen LogP contribution is 2.45. The van der Waals surface area contributed by atoms with Crippen molar-refractivity contribution in [3.63, 3.8) is 0 Å². The molecular weight excluding hydrogens is 210 g/mol. The van der Waals surface area contributed by atoms with Crippen molar-refractivity contribution in [2.24, 2.45) is 0 Å². The summed E-state index contributed by atoms with van der Waals surface area (Å²) in [5, 5.41) is 13.9. The van der Waals surface area contributed by atoms with Crippen LogP contribution in [0.1, 0.15) is 24.3 Å². The van der Waals surface area contributed by atoms with Crippen molar-refractivity contribution in [2.75, 3.05) is 0 Å². The fraction of sp³-hybridized carbons (Fsp3) is 0.273. The predicted molar refractivity (Wildman–Crippen MR) is 60.5 cm³/mol. The van der Waals surface area contributed by atoms with Gasteiger partial charge in [0.2, 0.25) is 0 Å². The second-order valence-electron chi connectivity index (χ2n) is 3.90. The second kappa shape index (κ2) is 3.03. The number of hydrogen-bond donors (Lipinski definition) is 0. The number of non-ortho nitro benzene ring substituents is 1. The molecule has 1 aliphatic rings. The standard InChI is InChI=1S/C11H9NO2S/c13-12(14)8-3-4-11-9(5-8)10(6-15-11)7-1-2-7/h3-7H,1-2H2. The maximum atomic E-state index is 10.7. The molecule has 1 aliphatic carbocycles. The van der Waals surface area contributed by atoms with E-state index >= 15 is 0 Å². The Bertz CT molecular complexity index is 543. The molecule has 0 amide bonds. The van der Waals surface area contributed by atoms with Crippen LogP contribution < -0.4 is 0 Å². The van der Waals surface area contributed by atoms with E-state index in [4.69, 9.17) is 0 Å². The molecule has 0 radical (unpaired) electrons. The minimum atomic E-state index is -0.326. The Kier molecular flexibility index (Phi) is 1.79. The molecule has 1 heterocycles. The number of hydrogen-bond acceptors (Lipinski definition) is 3. The molecule has 1 fully saturated rings. The van der Waals surface area contributed by atoms with E-state index in [1.807, 2.05) is 6.07 Å². The molecule has 0 atom stereocenters. The van der Waals surface area contributed by atoms with Crippen molar-refractivity contribution in [1.82, 2.24) is 0 Å². The maximum absolute atomic E-state index is 10.7. The SMILES string of the molecule is O=[N+]([O-])c1ccc2scc(C3CC3)c2c1. The van der Waals surface area contributed by atoms with Gasteiger partial charge in [0.1, 0.15) is 0 Å². The minimum absolute atomic E-state index is 0.197. The Hall–Kier alpha value is -1.42. The topological polar surface area (TPSA) is 43.1 Å². The van der Waals surface area contributed by atoms with E-state index < -0.39 is 0 Å². The Morgan fingerprint density at radius 3 is 2.87 bits per heavy atom. The van der Waals surface area contributed by atoms with Crippen LogP contribution in [0.25, 0.3) is 10.1 Å². The molecule has 0 aliphatic heterocycles. The zero-order valence-electron chi connectivity index (χ0n) is 7.97. The molecule has 3 rings (SSSR count). The molecule has 0 spiro atoms. The third kappa shape index (κ3) is 1.41. The van der Waals surface area contributed by atoms with Crippen molar-refractivity contribution >= 4 is 27.1 Å². The van der Waals surface area contributed by atoms with E-state index in [0.29, 0.717) is 5.92 Å². The van der Waals surface area contributed by atoms with Gasteiger partial charge >= 0.3 is 0 Å². The summed E-state index contributed by atoms with van der Waals surface area (Å²) in [5.74, 6) is 0.653. The molecule has 15 heavy (non-hydrogen) atoms. The summed E-state index contributed by atoms with van der Waals surface area (Å²) in [6.07, 6.45) is 2.46. The highest BCUT2D eigenvalue weighted by molar-refractivity contribution is 7.17. The molecular formula is C11H9NO2S. The number of rotatable bonds is 2. The number of benzene rings is 1. The van der Waals surface area contributed by atoms with Gasteiger partial charge in [-0.2, -0.15) is 0 Å². The smallest absolute Gasteiger partial charge is 0.258 e. The summed E-state index contributed by atoms with van der Waals surface area (Å²) < 4.78 is 1.16. The van der Waals surface area contributed by atoms with Gasteiger partial charge in [-0.3, -0.25) is 10.1 Å². The third-order valence-electron chi connectivity index (χ3n) is 2.82. The normalized spacial score (nSPS) is 15.7. The van der Waals surface area contributed by atoms with Gasteiger partial charge in [-0.05, 0) is 35.8 Å². The summed E-state index contributed by atoms with van der Waals surface area (Å²) in [7, 11) is 0. The fourth-order valence-electron chi connectivity index (χ4n) is 1.86. The van der Waals surface area contributed by atoms with Crippen molar-refractivity contribution in [2.45, 2.75) is 18.8 Å². The molecule has 0 unspecified atom stereocenters. The van der Waals surface area contributed by atoms with Gasteiger partial charge < -0.3 is 0 Å². The van der Waals surface area contributed by atoms with Gasteiger partial charge in [-0.25, -0.2) is 0 Å². The third-order valence-corrected chi connectivity index (χ3v) is 3.80. The minimum Gasteiger partial charge on any atom is -0.258 e. The van der Waals surface area contributed by atoms with Crippen LogP contribution in [0.3, 0.4) is 0 Å². The number of thiophene rings is 1. The first-order chi connectivity index (χ1) is 7.25. The van der Waals surface area contributed by atoms with Crippen molar-refractivity contribution in [3.8, 4) is 0 Å². The zero-order chi connectivity index (χ0) is 10.4. The highest BCUT2D eigenvalue weighted by Gasteiger charge is 2.26. The average Bonchev–Trinajstić information content (AvgIpc) is 2.98. The molecule has 1 aromatic heterocycles. The van der Waals surface area contributed by atoms with Gasteiger partial charge in [-0.15, -0.1) is 11.3 Å². The van der Waals surface area contributed by atoms with Gasteiger partial charge in [0, 0.05) is 22.2 Å². The van der Waals surface area contributed by atoms with Crippen LogP contribution >= 0.6 is 11.3 Å². The van der Waals surface area contributed by atoms with Crippen LogP contribution in [0.15, 0.2) is 23.6 Å². The Balaban J connectivity index is 2.21. The quantitative estimate of drug-likeness (QED) is 0.571. The van der Waals surface area contributed by atoms with Crippen LogP contribution in [-0.4, -0.2) is 4.92 Å². The first-order valence-corrected chi connectivity index (χ1v) is 5.79. The van der Waals surface area contributed by atoms with Crippen LogP contribution in [0.4, 0.5) is 5.69 Å². The van der Waals surface area contributed by atoms with Crippen LogP contribution in [0.5, 0.6) is 0 Å². The van der Waals surface area contributed by atoms with E-state index in [1.54, 1.807) is 23.5 Å². The van der Waals surface area contributed by atoms with Crippen molar-refractivity contribution < 1.29 is 4.92 Å². The number of nitro benzene ring substituents is 1. The molecule has 0 saturated heterocycles. The second-order valence-corrected chi connectivity index (χ2v) is 4.81. The first kappa shape index (κ1) is 8.85. The maximum Gasteiger partial charge on any atom is 0.270 e. The molecule has 2 aromatic rings. The average molecular weight is 219 g/mol. The van der Waals surface area contributed by atoms with E-state index in [0.717, 1.165) is 10.1 Å². The number of nitrogens with zero attached hydrogens (tertiary/aromatic N) is 1. The van der Waals surface area contributed by atoms with Gasteiger partial charge in [-0.1, -0.05) is 0 Å². The summed E-state index contributed by atoms with van der Waals surface area (Å²) in [5.41, 5.74) is 1.50. The molecule has 3 nitrogen and oxygen atoms in total. The van der Waals surface area contributed by atoms with Crippen molar-refractivity contribution in [3.05, 3.63) is 39.3 Å². The van der Waals surface area contributed by atoms with E-state index in [-0.39, 0.29) is 10.6 Å². The van der Waals surface area contributed by atoms with E-state index in [9.17, 15) is 10.1 Å². The molecule has 0 bridgehead atoms. The lowest BCUT2D eigenvalue weighted by Gasteiger charge is -1.95. The van der Waals surface area contributed by atoms with Crippen LogP contribution in [0, 0.1) is 10.1 Å². The Morgan fingerprint density at radius 1 is 1.40 bits per heavy atom. The van der Waals surface area contributed by atoms with E-state index in [1.165, 1.54) is 18.4 Å². The monoisotopic (exact) mass is 219 g/mol. The van der Waals surface area contributed by atoms with Crippen LogP contribution in [-0.2, 0) is 0 Å². The first-order valence-electron chi connectivity index (χ1n) is 4.91. The van der Waals surface area contributed by atoms with Crippen LogP contribution in [0.2, 0.25) is 0 Å². The lowest BCUT2D eigenvalue weighted by atomic mass is 10.1.